The van der Waals surface area contributed by atoms with Crippen LogP contribution in [0.4, 0.5) is 5.82 Å². The number of rotatable bonds is 7. The van der Waals surface area contributed by atoms with Crippen LogP contribution in [0.5, 0.6) is 0 Å². The Kier molecular flexibility index (Phi) is 5.53. The Morgan fingerprint density at radius 3 is 3.05 bits per heavy atom. The van der Waals surface area contributed by atoms with Crippen molar-refractivity contribution in [2.45, 2.75) is 19.6 Å². The van der Waals surface area contributed by atoms with Gasteiger partial charge in [0.1, 0.15) is 11.8 Å². The van der Waals surface area contributed by atoms with Gasteiger partial charge in [-0.05, 0) is 6.92 Å². The van der Waals surface area contributed by atoms with Crippen LogP contribution < -0.4 is 11.1 Å². The Morgan fingerprint density at radius 2 is 2.35 bits per heavy atom. The molecule has 8 heteroatoms. The van der Waals surface area contributed by atoms with Crippen LogP contribution >= 0.6 is 22.5 Å². The molecule has 6 nitrogen and oxygen atoms in total. The van der Waals surface area contributed by atoms with E-state index in [1.807, 2.05) is 6.20 Å². The largest absolute Gasteiger partial charge is 0.393 e. The lowest BCUT2D eigenvalue weighted by Crippen LogP contribution is -2.31. The number of thiol groups is 1. The topological polar surface area (TPSA) is 99.8 Å². The standard InChI is InChI=1S/C12H19N5OS2/c1-7(18)9(5-20-19)3-14-2-8-4-15-11-10(8)16-6-17-12(11)13/h4,6-7,9,14-15,18-19H,2-3,5H2,1H3,(H2,13,16,17)/t7-,9?/m1/s1. The van der Waals surface area contributed by atoms with Crippen molar-refractivity contribution < 1.29 is 5.11 Å². The van der Waals surface area contributed by atoms with Crippen LogP contribution in [0.3, 0.4) is 0 Å². The van der Waals surface area contributed by atoms with Gasteiger partial charge in [0, 0.05) is 36.5 Å². The third-order valence-corrected chi connectivity index (χ3v) is 4.29. The molecule has 0 amide bonds. The molecule has 20 heavy (non-hydrogen) atoms. The van der Waals surface area contributed by atoms with Gasteiger partial charge in [0.15, 0.2) is 5.82 Å². The zero-order valence-electron chi connectivity index (χ0n) is 11.2. The van der Waals surface area contributed by atoms with Gasteiger partial charge in [-0.1, -0.05) is 10.8 Å². The van der Waals surface area contributed by atoms with Gasteiger partial charge < -0.3 is 21.1 Å². The summed E-state index contributed by atoms with van der Waals surface area (Å²) in [6.45, 7) is 3.19. The third kappa shape index (κ3) is 3.57. The normalized spacial score (nSPS) is 14.6. The maximum Gasteiger partial charge on any atom is 0.151 e. The SMILES string of the molecule is C[C@@H](O)C(CNCc1c[nH]c2c(N)ncnc12)CSS. The molecule has 0 spiro atoms. The highest BCUT2D eigenvalue weighted by Crippen LogP contribution is 2.19. The molecule has 2 heterocycles. The van der Waals surface area contributed by atoms with Gasteiger partial charge in [-0.25, -0.2) is 9.97 Å². The molecule has 1 unspecified atom stereocenters. The van der Waals surface area contributed by atoms with E-state index < -0.39 is 0 Å². The quantitative estimate of drug-likeness (QED) is 0.389. The zero-order valence-corrected chi connectivity index (χ0v) is 12.9. The molecule has 5 N–H and O–H groups in total. The summed E-state index contributed by atoms with van der Waals surface area (Å²) in [4.78, 5) is 11.3. The van der Waals surface area contributed by atoms with Crippen LogP contribution in [0.2, 0.25) is 0 Å². The van der Waals surface area contributed by atoms with Crippen molar-refractivity contribution in [3.8, 4) is 0 Å². The minimum absolute atomic E-state index is 0.169. The number of fused-ring (bicyclic) bond motifs is 1. The lowest BCUT2D eigenvalue weighted by molar-refractivity contribution is 0.136. The molecule has 2 rings (SSSR count). The minimum atomic E-state index is -0.358. The maximum absolute atomic E-state index is 9.68. The molecule has 0 bridgehead atoms. The molecule has 110 valence electrons. The number of anilines is 1. The van der Waals surface area contributed by atoms with E-state index in [-0.39, 0.29) is 12.0 Å². The summed E-state index contributed by atoms with van der Waals surface area (Å²) >= 11 is 4.14. The van der Waals surface area contributed by atoms with Gasteiger partial charge >= 0.3 is 0 Å². The fourth-order valence-electron chi connectivity index (χ4n) is 2.00. The minimum Gasteiger partial charge on any atom is -0.393 e. The molecule has 0 aliphatic heterocycles. The van der Waals surface area contributed by atoms with Crippen LogP contribution in [0, 0.1) is 5.92 Å². The van der Waals surface area contributed by atoms with Crippen molar-refractivity contribution in [2.24, 2.45) is 5.92 Å². The van der Waals surface area contributed by atoms with E-state index in [9.17, 15) is 5.11 Å². The average Bonchev–Trinajstić information content (AvgIpc) is 2.82. The van der Waals surface area contributed by atoms with Gasteiger partial charge in [0.2, 0.25) is 0 Å². The fourth-order valence-corrected chi connectivity index (χ4v) is 3.17. The smallest absolute Gasteiger partial charge is 0.151 e. The molecule has 0 aliphatic rings. The summed E-state index contributed by atoms with van der Waals surface area (Å²) in [6, 6.07) is 0. The van der Waals surface area contributed by atoms with Gasteiger partial charge in [0.05, 0.1) is 11.6 Å². The highest BCUT2D eigenvalue weighted by atomic mass is 33.1. The van der Waals surface area contributed by atoms with Crippen LogP contribution in [0.1, 0.15) is 12.5 Å². The van der Waals surface area contributed by atoms with Crippen molar-refractivity contribution in [1.29, 1.82) is 0 Å². The first-order valence-electron chi connectivity index (χ1n) is 6.35. The van der Waals surface area contributed by atoms with E-state index >= 15 is 0 Å². The lowest BCUT2D eigenvalue weighted by atomic mass is 10.1. The summed E-state index contributed by atoms with van der Waals surface area (Å²) in [7, 11) is 1.44. The molecular weight excluding hydrogens is 294 g/mol. The number of H-pyrrole nitrogens is 1. The Balaban J connectivity index is 1.97. The zero-order chi connectivity index (χ0) is 14.5. The molecule has 0 radical (unpaired) electrons. The number of nitrogens with two attached hydrogens (primary N) is 1. The number of hydrogen-bond donors (Lipinski definition) is 5. The second-order valence-corrected chi connectivity index (χ2v) is 6.09. The molecular formula is C12H19N5OS2. The lowest BCUT2D eigenvalue weighted by Gasteiger charge is -2.18. The second-order valence-electron chi connectivity index (χ2n) is 4.72. The predicted octanol–water partition coefficient (Wildman–Crippen LogP) is 1.20. The Morgan fingerprint density at radius 1 is 1.55 bits per heavy atom. The third-order valence-electron chi connectivity index (χ3n) is 3.26. The van der Waals surface area contributed by atoms with Crippen LogP contribution in [-0.2, 0) is 6.54 Å². The predicted molar refractivity (Wildman–Crippen MR) is 86.6 cm³/mol. The van der Waals surface area contributed by atoms with E-state index in [1.165, 1.54) is 17.1 Å². The number of nitrogens with zero attached hydrogens (tertiary/aromatic N) is 2. The number of nitrogens with one attached hydrogen (secondary N) is 2. The summed E-state index contributed by atoms with van der Waals surface area (Å²) in [5.41, 5.74) is 8.42. The highest BCUT2D eigenvalue weighted by molar-refractivity contribution is 8.68. The van der Waals surface area contributed by atoms with Gasteiger partial charge in [-0.15, -0.1) is 11.7 Å². The van der Waals surface area contributed by atoms with E-state index in [2.05, 4.69) is 31.9 Å². The van der Waals surface area contributed by atoms with E-state index in [0.717, 1.165) is 28.9 Å². The first-order valence-corrected chi connectivity index (χ1v) is 8.38. The summed E-state index contributed by atoms with van der Waals surface area (Å²) < 4.78 is 0. The highest BCUT2D eigenvalue weighted by Gasteiger charge is 2.15. The van der Waals surface area contributed by atoms with Crippen molar-refractivity contribution in [3.63, 3.8) is 0 Å². The van der Waals surface area contributed by atoms with Crippen LogP contribution in [0.25, 0.3) is 11.0 Å². The van der Waals surface area contributed by atoms with Crippen LogP contribution in [-0.4, -0.2) is 38.5 Å². The number of aromatic amines is 1. The molecule has 2 aromatic heterocycles. The van der Waals surface area contributed by atoms with Gasteiger partial charge in [-0.2, -0.15) is 0 Å². The number of aromatic nitrogens is 3. The van der Waals surface area contributed by atoms with E-state index in [0.29, 0.717) is 12.4 Å². The van der Waals surface area contributed by atoms with Crippen molar-refractivity contribution in [1.82, 2.24) is 20.3 Å². The maximum atomic E-state index is 9.68. The fraction of sp³-hybridized carbons (Fsp3) is 0.500. The van der Waals surface area contributed by atoms with Gasteiger partial charge in [-0.3, -0.25) is 0 Å². The summed E-state index contributed by atoms with van der Waals surface area (Å²) in [6.07, 6.45) is 2.99. The molecule has 0 fully saturated rings. The summed E-state index contributed by atoms with van der Waals surface area (Å²) in [5.74, 6) is 1.42. The van der Waals surface area contributed by atoms with Crippen LogP contribution in [0.15, 0.2) is 12.5 Å². The van der Waals surface area contributed by atoms with Crippen molar-refractivity contribution in [2.75, 3.05) is 18.0 Å². The Bertz CT molecular complexity index is 560. The van der Waals surface area contributed by atoms with E-state index in [4.69, 9.17) is 5.73 Å². The number of aliphatic hydroxyl groups is 1. The van der Waals surface area contributed by atoms with E-state index in [1.54, 1.807) is 6.92 Å². The monoisotopic (exact) mass is 313 g/mol. The average molecular weight is 313 g/mol. The number of aliphatic hydroxyl groups excluding tert-OH is 1. The van der Waals surface area contributed by atoms with Crippen molar-refractivity contribution >= 4 is 39.3 Å². The second kappa shape index (κ2) is 7.16. The molecule has 0 saturated heterocycles. The summed E-state index contributed by atoms with van der Waals surface area (Å²) in [5, 5.41) is 13.0. The number of hydrogen-bond acceptors (Lipinski definition) is 7. The molecule has 2 atom stereocenters. The molecule has 2 aromatic rings. The molecule has 0 aromatic carbocycles. The first kappa shape index (κ1) is 15.4. The Labute approximate surface area is 126 Å². The number of nitrogen functional groups attached to an aromatic ring is 1. The van der Waals surface area contributed by atoms with Gasteiger partial charge in [0.25, 0.3) is 0 Å². The molecule has 0 aliphatic carbocycles. The first-order chi connectivity index (χ1) is 9.63. The Hall–Kier alpha value is -0.960. The molecule has 0 saturated carbocycles. The van der Waals surface area contributed by atoms with Crippen molar-refractivity contribution in [3.05, 3.63) is 18.1 Å².